The molecule has 1 fully saturated rings. The summed E-state index contributed by atoms with van der Waals surface area (Å²) in [6.45, 7) is 1.27. The Morgan fingerprint density at radius 3 is 2.57 bits per heavy atom. The molecule has 4 rings (SSSR count). The number of halogens is 1. The maximum absolute atomic E-state index is 14.2. The molecule has 1 aliphatic rings. The van der Waals surface area contributed by atoms with Crippen LogP contribution in [0.15, 0.2) is 72.0 Å². The first-order valence-electron chi connectivity index (χ1n) is 9.49. The maximum Gasteiger partial charge on any atom is 0.191 e. The molecule has 2 N–H and O–H groups in total. The van der Waals surface area contributed by atoms with Crippen LogP contribution in [0.3, 0.4) is 0 Å². The highest BCUT2D eigenvalue weighted by Crippen LogP contribution is 2.48. The molecule has 1 heterocycles. The number of hydrogen-bond donors (Lipinski definition) is 2. The standard InChI is InChI=1S/C22H24FN5/c1-24-21(26-16-22(11-12-22)19-9-5-6-10-20(19)23)25-13-17-14-27-28(15-17)18-7-3-2-4-8-18/h2-10,14-15H,11-13,16H2,1H3,(H2,24,25,26). The molecule has 0 bridgehead atoms. The zero-order chi connectivity index (χ0) is 19.4. The zero-order valence-electron chi connectivity index (χ0n) is 15.9. The van der Waals surface area contributed by atoms with Crippen molar-refractivity contribution in [3.05, 3.63) is 83.9 Å². The third-order valence-electron chi connectivity index (χ3n) is 5.23. The Morgan fingerprint density at radius 1 is 1.11 bits per heavy atom. The molecule has 0 unspecified atom stereocenters. The van der Waals surface area contributed by atoms with Gasteiger partial charge in [0.1, 0.15) is 5.82 Å². The van der Waals surface area contributed by atoms with Crippen molar-refractivity contribution < 1.29 is 4.39 Å². The molecule has 1 aliphatic carbocycles. The topological polar surface area (TPSA) is 54.2 Å². The summed E-state index contributed by atoms with van der Waals surface area (Å²) in [6.07, 6.45) is 5.82. The Balaban J connectivity index is 1.34. The van der Waals surface area contributed by atoms with Crippen molar-refractivity contribution in [2.45, 2.75) is 24.8 Å². The van der Waals surface area contributed by atoms with Gasteiger partial charge in [0.25, 0.3) is 0 Å². The normalized spacial score (nSPS) is 15.3. The highest BCUT2D eigenvalue weighted by molar-refractivity contribution is 5.79. The minimum absolute atomic E-state index is 0.124. The number of benzene rings is 2. The fourth-order valence-electron chi connectivity index (χ4n) is 3.42. The van der Waals surface area contributed by atoms with Crippen LogP contribution in [-0.4, -0.2) is 29.3 Å². The molecule has 0 spiro atoms. The van der Waals surface area contributed by atoms with Gasteiger partial charge in [0.05, 0.1) is 11.9 Å². The van der Waals surface area contributed by atoms with Gasteiger partial charge in [0.2, 0.25) is 0 Å². The van der Waals surface area contributed by atoms with E-state index in [1.807, 2.05) is 59.5 Å². The lowest BCUT2D eigenvalue weighted by Crippen LogP contribution is -2.41. The second kappa shape index (κ2) is 7.84. The summed E-state index contributed by atoms with van der Waals surface area (Å²) in [5.41, 5.74) is 2.75. The first-order chi connectivity index (χ1) is 13.7. The monoisotopic (exact) mass is 377 g/mol. The summed E-state index contributed by atoms with van der Waals surface area (Å²) in [4.78, 5) is 4.29. The van der Waals surface area contributed by atoms with Crippen LogP contribution in [-0.2, 0) is 12.0 Å². The lowest BCUT2D eigenvalue weighted by atomic mass is 9.95. The number of hydrogen-bond acceptors (Lipinski definition) is 2. The molecule has 0 amide bonds. The average Bonchev–Trinajstić information content (AvgIpc) is 3.37. The number of aliphatic imine (C=N–C) groups is 1. The molecule has 1 saturated carbocycles. The second-order valence-electron chi connectivity index (χ2n) is 7.17. The van der Waals surface area contributed by atoms with Crippen LogP contribution >= 0.6 is 0 Å². The summed E-state index contributed by atoms with van der Waals surface area (Å²) in [5.74, 6) is 0.577. The van der Waals surface area contributed by atoms with Crippen LogP contribution in [0.4, 0.5) is 4.39 Å². The second-order valence-corrected chi connectivity index (χ2v) is 7.17. The molecule has 5 nitrogen and oxygen atoms in total. The van der Waals surface area contributed by atoms with Gasteiger partial charge in [0, 0.05) is 37.3 Å². The van der Waals surface area contributed by atoms with E-state index in [-0.39, 0.29) is 11.2 Å². The summed E-state index contributed by atoms with van der Waals surface area (Å²) in [7, 11) is 1.74. The predicted octanol–water partition coefficient (Wildman–Crippen LogP) is 3.41. The molecule has 0 atom stereocenters. The van der Waals surface area contributed by atoms with Crippen LogP contribution in [0.5, 0.6) is 0 Å². The number of guanidine groups is 1. The van der Waals surface area contributed by atoms with Crippen molar-refractivity contribution in [2.75, 3.05) is 13.6 Å². The first kappa shape index (κ1) is 18.2. The minimum Gasteiger partial charge on any atom is -0.356 e. The van der Waals surface area contributed by atoms with Gasteiger partial charge in [-0.1, -0.05) is 36.4 Å². The van der Waals surface area contributed by atoms with E-state index in [0.717, 1.165) is 29.7 Å². The fourth-order valence-corrected chi connectivity index (χ4v) is 3.42. The van der Waals surface area contributed by atoms with Gasteiger partial charge in [-0.05, 0) is 36.6 Å². The molecule has 0 radical (unpaired) electrons. The Morgan fingerprint density at radius 2 is 1.86 bits per heavy atom. The fraction of sp³-hybridized carbons (Fsp3) is 0.273. The zero-order valence-corrected chi connectivity index (χ0v) is 15.9. The van der Waals surface area contributed by atoms with E-state index in [9.17, 15) is 4.39 Å². The van der Waals surface area contributed by atoms with Crippen molar-refractivity contribution in [1.82, 2.24) is 20.4 Å². The Labute approximate surface area is 164 Å². The van der Waals surface area contributed by atoms with E-state index in [0.29, 0.717) is 19.0 Å². The quantitative estimate of drug-likeness (QED) is 0.511. The van der Waals surface area contributed by atoms with Gasteiger partial charge in [-0.25, -0.2) is 9.07 Å². The Hall–Kier alpha value is -3.15. The smallest absolute Gasteiger partial charge is 0.191 e. The first-order valence-corrected chi connectivity index (χ1v) is 9.49. The van der Waals surface area contributed by atoms with E-state index in [2.05, 4.69) is 20.7 Å². The molecule has 0 aliphatic heterocycles. The van der Waals surface area contributed by atoms with E-state index in [1.165, 1.54) is 6.07 Å². The summed E-state index contributed by atoms with van der Waals surface area (Å²) in [6, 6.07) is 17.1. The molecular formula is C22H24FN5. The lowest BCUT2D eigenvalue weighted by Gasteiger charge is -2.19. The van der Waals surface area contributed by atoms with Crippen LogP contribution < -0.4 is 10.6 Å². The third kappa shape index (κ3) is 3.91. The van der Waals surface area contributed by atoms with Crippen molar-refractivity contribution in [3.8, 4) is 5.69 Å². The maximum atomic E-state index is 14.2. The average molecular weight is 377 g/mol. The molecular weight excluding hydrogens is 353 g/mol. The van der Waals surface area contributed by atoms with Gasteiger partial charge in [0.15, 0.2) is 5.96 Å². The number of para-hydroxylation sites is 1. The van der Waals surface area contributed by atoms with Crippen molar-refractivity contribution in [1.29, 1.82) is 0 Å². The molecule has 6 heteroatoms. The Kier molecular flexibility index (Phi) is 5.10. The SMILES string of the molecule is CN=C(NCc1cnn(-c2ccccc2)c1)NCC1(c2ccccc2F)CC1. The molecule has 3 aromatic rings. The van der Waals surface area contributed by atoms with Crippen molar-refractivity contribution in [2.24, 2.45) is 4.99 Å². The van der Waals surface area contributed by atoms with Crippen molar-refractivity contribution >= 4 is 5.96 Å². The predicted molar refractivity (Wildman–Crippen MR) is 109 cm³/mol. The molecule has 28 heavy (non-hydrogen) atoms. The largest absolute Gasteiger partial charge is 0.356 e. The lowest BCUT2D eigenvalue weighted by molar-refractivity contribution is 0.559. The highest BCUT2D eigenvalue weighted by Gasteiger charge is 2.45. The van der Waals surface area contributed by atoms with Gasteiger partial charge < -0.3 is 10.6 Å². The molecule has 1 aromatic heterocycles. The summed E-state index contributed by atoms with van der Waals surface area (Å²) < 4.78 is 16.0. The van der Waals surface area contributed by atoms with Crippen LogP contribution in [0.25, 0.3) is 5.69 Å². The highest BCUT2D eigenvalue weighted by atomic mass is 19.1. The van der Waals surface area contributed by atoms with E-state index in [1.54, 1.807) is 13.1 Å². The minimum atomic E-state index is -0.127. The van der Waals surface area contributed by atoms with Crippen LogP contribution in [0.1, 0.15) is 24.0 Å². The van der Waals surface area contributed by atoms with Gasteiger partial charge >= 0.3 is 0 Å². The summed E-state index contributed by atoms with van der Waals surface area (Å²) >= 11 is 0. The van der Waals surface area contributed by atoms with Gasteiger partial charge in [-0.3, -0.25) is 4.99 Å². The Bertz CT molecular complexity index is 960. The molecule has 2 aromatic carbocycles. The number of aromatic nitrogens is 2. The van der Waals surface area contributed by atoms with Crippen LogP contribution in [0, 0.1) is 5.82 Å². The van der Waals surface area contributed by atoms with E-state index < -0.39 is 0 Å². The van der Waals surface area contributed by atoms with Crippen molar-refractivity contribution in [3.63, 3.8) is 0 Å². The van der Waals surface area contributed by atoms with Gasteiger partial charge in [-0.15, -0.1) is 0 Å². The summed E-state index contributed by atoms with van der Waals surface area (Å²) in [5, 5.41) is 11.1. The van der Waals surface area contributed by atoms with Crippen LogP contribution in [0.2, 0.25) is 0 Å². The molecule has 144 valence electrons. The third-order valence-corrected chi connectivity index (χ3v) is 5.23. The molecule has 0 saturated heterocycles. The number of rotatable bonds is 6. The number of nitrogens with one attached hydrogen (secondary N) is 2. The van der Waals surface area contributed by atoms with Gasteiger partial charge in [-0.2, -0.15) is 5.10 Å². The van der Waals surface area contributed by atoms with E-state index in [4.69, 9.17) is 0 Å². The number of nitrogens with zero attached hydrogens (tertiary/aromatic N) is 3. The van der Waals surface area contributed by atoms with E-state index >= 15 is 0 Å².